The molecule has 0 N–H and O–H groups in total. The van der Waals surface area contributed by atoms with E-state index in [1.54, 1.807) is 6.07 Å². The Morgan fingerprint density at radius 2 is 2.20 bits per heavy atom. The Balaban J connectivity index is 3.06. The van der Waals surface area contributed by atoms with E-state index in [1.807, 2.05) is 0 Å². The Kier molecular flexibility index (Phi) is 3.07. The van der Waals surface area contributed by atoms with E-state index in [1.165, 1.54) is 0 Å². The molecule has 0 aromatic carbocycles. The monoisotopic (exact) mass is 284 g/mol. The molecule has 0 saturated heterocycles. The molecule has 0 amide bonds. The Morgan fingerprint density at radius 1 is 1.50 bits per heavy atom. The average Bonchev–Trinajstić information content (AvgIpc) is 1.85. The number of halogens is 3. The van der Waals surface area contributed by atoms with Crippen molar-refractivity contribution in [2.75, 3.05) is 0 Å². The van der Waals surface area contributed by atoms with Crippen LogP contribution in [-0.4, -0.2) is 9.97 Å². The van der Waals surface area contributed by atoms with Crippen molar-refractivity contribution in [3.63, 3.8) is 0 Å². The van der Waals surface area contributed by atoms with Gasteiger partial charge in [0.15, 0.2) is 0 Å². The van der Waals surface area contributed by atoms with Gasteiger partial charge in [-0.1, -0.05) is 15.9 Å². The fraction of sp³-hybridized carbons (Fsp3) is 0.200. The summed E-state index contributed by atoms with van der Waals surface area (Å²) in [5.41, 5.74) is 0.867. The van der Waals surface area contributed by atoms with Crippen molar-refractivity contribution >= 4 is 43.5 Å². The quantitative estimate of drug-likeness (QED) is 0.451. The van der Waals surface area contributed by atoms with Crippen LogP contribution in [0.4, 0.5) is 0 Å². The van der Waals surface area contributed by atoms with Gasteiger partial charge in [0, 0.05) is 5.33 Å². The summed E-state index contributed by atoms with van der Waals surface area (Å²) in [6.45, 7) is 0. The number of hydrogen-bond acceptors (Lipinski definition) is 2. The Morgan fingerprint density at radius 3 is 2.70 bits per heavy atom. The summed E-state index contributed by atoms with van der Waals surface area (Å²) in [4.78, 5) is 7.76. The third kappa shape index (κ3) is 2.18. The van der Waals surface area contributed by atoms with Gasteiger partial charge in [-0.15, -0.1) is 0 Å². The molecule has 2 nitrogen and oxygen atoms in total. The van der Waals surface area contributed by atoms with Crippen LogP contribution >= 0.6 is 43.5 Å². The van der Waals surface area contributed by atoms with Crippen LogP contribution in [-0.2, 0) is 5.33 Å². The van der Waals surface area contributed by atoms with E-state index in [0.717, 1.165) is 5.69 Å². The third-order valence-electron chi connectivity index (χ3n) is 0.858. The van der Waals surface area contributed by atoms with Crippen LogP contribution in [0.2, 0.25) is 5.28 Å². The first-order chi connectivity index (χ1) is 4.72. The lowest BCUT2D eigenvalue weighted by Crippen LogP contribution is -1.88. The largest absolute Gasteiger partial charge is 0.223 e. The molecule has 0 saturated carbocycles. The number of rotatable bonds is 1. The lowest BCUT2D eigenvalue weighted by atomic mass is 10.5. The number of nitrogens with zero attached hydrogens (tertiary/aromatic N) is 2. The van der Waals surface area contributed by atoms with E-state index in [-0.39, 0.29) is 5.28 Å². The zero-order chi connectivity index (χ0) is 7.56. The summed E-state index contributed by atoms with van der Waals surface area (Å²) in [6.07, 6.45) is 0. The van der Waals surface area contributed by atoms with Gasteiger partial charge in [-0.25, -0.2) is 9.97 Å². The molecule has 0 spiro atoms. The highest BCUT2D eigenvalue weighted by Crippen LogP contribution is 2.12. The van der Waals surface area contributed by atoms with E-state index in [2.05, 4.69) is 41.8 Å². The fourth-order valence-electron chi connectivity index (χ4n) is 0.502. The molecule has 0 unspecified atom stereocenters. The van der Waals surface area contributed by atoms with Gasteiger partial charge < -0.3 is 0 Å². The maximum absolute atomic E-state index is 5.56. The van der Waals surface area contributed by atoms with Crippen molar-refractivity contribution < 1.29 is 0 Å². The van der Waals surface area contributed by atoms with Gasteiger partial charge in [-0.05, 0) is 33.6 Å². The summed E-state index contributed by atoms with van der Waals surface area (Å²) < 4.78 is 0.710. The van der Waals surface area contributed by atoms with Crippen LogP contribution in [0.15, 0.2) is 10.7 Å². The molecule has 1 heterocycles. The predicted octanol–water partition coefficient (Wildman–Crippen LogP) is 2.79. The molecule has 5 heteroatoms. The van der Waals surface area contributed by atoms with Crippen LogP contribution in [0.5, 0.6) is 0 Å². The molecule has 0 aliphatic carbocycles. The molecule has 10 heavy (non-hydrogen) atoms. The minimum atomic E-state index is 0.267. The first-order valence-corrected chi connectivity index (χ1v) is 4.76. The Hall–Kier alpha value is 0.330. The molecule has 1 aromatic rings. The third-order valence-corrected chi connectivity index (χ3v) is 2.01. The van der Waals surface area contributed by atoms with E-state index < -0.39 is 0 Å². The first-order valence-electron chi connectivity index (χ1n) is 2.47. The number of hydrogen-bond donors (Lipinski definition) is 0. The summed E-state index contributed by atoms with van der Waals surface area (Å²) >= 11 is 12.0. The summed E-state index contributed by atoms with van der Waals surface area (Å²) in [5, 5.41) is 0.956. The normalized spacial score (nSPS) is 9.90. The second kappa shape index (κ2) is 3.64. The Labute approximate surface area is 80.3 Å². The second-order valence-corrected chi connectivity index (χ2v) is 3.30. The van der Waals surface area contributed by atoms with Gasteiger partial charge in [0.1, 0.15) is 4.60 Å². The molecular weight excluding hydrogens is 283 g/mol. The van der Waals surface area contributed by atoms with Gasteiger partial charge in [-0.3, -0.25) is 0 Å². The predicted molar refractivity (Wildman–Crippen MR) is 47.4 cm³/mol. The molecular formula is C5H3Br2ClN2. The topological polar surface area (TPSA) is 25.8 Å². The number of alkyl halides is 1. The van der Waals surface area contributed by atoms with Gasteiger partial charge in [0.2, 0.25) is 5.28 Å². The number of aromatic nitrogens is 2. The highest BCUT2D eigenvalue weighted by molar-refractivity contribution is 9.10. The van der Waals surface area contributed by atoms with Crippen molar-refractivity contribution in [2.24, 2.45) is 0 Å². The zero-order valence-corrected chi connectivity index (χ0v) is 8.74. The standard InChI is InChI=1S/C5H3Br2ClN2/c6-2-3-1-4(7)10-5(8)9-3/h1H,2H2. The molecule has 0 atom stereocenters. The molecule has 0 aliphatic rings. The highest BCUT2D eigenvalue weighted by Gasteiger charge is 1.97. The minimum absolute atomic E-state index is 0.267. The van der Waals surface area contributed by atoms with Gasteiger partial charge in [0.05, 0.1) is 5.69 Å². The molecule has 0 fully saturated rings. The lowest BCUT2D eigenvalue weighted by molar-refractivity contribution is 1.07. The van der Waals surface area contributed by atoms with Crippen molar-refractivity contribution in [1.29, 1.82) is 0 Å². The molecule has 0 radical (unpaired) electrons. The van der Waals surface area contributed by atoms with Crippen LogP contribution in [0.1, 0.15) is 5.69 Å². The van der Waals surface area contributed by atoms with Gasteiger partial charge >= 0.3 is 0 Å². The van der Waals surface area contributed by atoms with Crippen LogP contribution in [0.3, 0.4) is 0 Å². The summed E-state index contributed by atoms with van der Waals surface area (Å²) in [6, 6.07) is 1.81. The fourth-order valence-corrected chi connectivity index (χ4v) is 1.52. The van der Waals surface area contributed by atoms with Crippen molar-refractivity contribution in [3.8, 4) is 0 Å². The molecule has 1 rings (SSSR count). The summed E-state index contributed by atoms with van der Waals surface area (Å²) in [5.74, 6) is 0. The second-order valence-electron chi connectivity index (χ2n) is 1.58. The molecule has 0 bridgehead atoms. The maximum atomic E-state index is 5.56. The molecule has 1 aromatic heterocycles. The van der Waals surface area contributed by atoms with Gasteiger partial charge in [0.25, 0.3) is 0 Å². The van der Waals surface area contributed by atoms with E-state index in [0.29, 0.717) is 9.93 Å². The van der Waals surface area contributed by atoms with Gasteiger partial charge in [-0.2, -0.15) is 0 Å². The van der Waals surface area contributed by atoms with Crippen LogP contribution < -0.4 is 0 Å². The first kappa shape index (κ1) is 8.43. The van der Waals surface area contributed by atoms with Crippen molar-refractivity contribution in [3.05, 3.63) is 21.6 Å². The van der Waals surface area contributed by atoms with Crippen molar-refractivity contribution in [2.45, 2.75) is 5.33 Å². The lowest BCUT2D eigenvalue weighted by Gasteiger charge is -1.94. The Bertz CT molecular complexity index is 221. The van der Waals surface area contributed by atoms with Crippen molar-refractivity contribution in [1.82, 2.24) is 9.97 Å². The maximum Gasteiger partial charge on any atom is 0.223 e. The minimum Gasteiger partial charge on any atom is -0.222 e. The smallest absolute Gasteiger partial charge is 0.222 e. The van der Waals surface area contributed by atoms with E-state index in [9.17, 15) is 0 Å². The van der Waals surface area contributed by atoms with E-state index in [4.69, 9.17) is 11.6 Å². The highest BCUT2D eigenvalue weighted by atomic mass is 79.9. The van der Waals surface area contributed by atoms with Crippen LogP contribution in [0, 0.1) is 0 Å². The molecule has 54 valence electrons. The zero-order valence-electron chi connectivity index (χ0n) is 4.81. The average molecular weight is 286 g/mol. The summed E-state index contributed by atoms with van der Waals surface area (Å²) in [7, 11) is 0. The molecule has 0 aliphatic heterocycles. The SMILES string of the molecule is Clc1nc(Br)cc(CBr)n1. The van der Waals surface area contributed by atoms with E-state index >= 15 is 0 Å². The van der Waals surface area contributed by atoms with Crippen LogP contribution in [0.25, 0.3) is 0 Å².